The van der Waals surface area contributed by atoms with Gasteiger partial charge >= 0.3 is 0 Å². The third kappa shape index (κ3) is 2.76. The minimum Gasteiger partial charge on any atom is -0.370 e. The van der Waals surface area contributed by atoms with Gasteiger partial charge in [0.25, 0.3) is 0 Å². The number of carbonyl (C=O) groups is 2. The molecule has 0 aromatic heterocycles. The van der Waals surface area contributed by atoms with Crippen molar-refractivity contribution in [2.75, 3.05) is 19.6 Å². The van der Waals surface area contributed by atoms with Crippen molar-refractivity contribution in [3.05, 3.63) is 0 Å². The fraction of sp³-hybridized carbons (Fsp3) is 0.857. The number of nitrogens with zero attached hydrogens (tertiary/aromatic N) is 1. The topological polar surface area (TPSA) is 58.6 Å². The highest BCUT2D eigenvalue weighted by Gasteiger charge is 2.42. The summed E-state index contributed by atoms with van der Waals surface area (Å²) in [6, 6.07) is 0. The maximum absolute atomic E-state index is 11.9. The molecule has 0 radical (unpaired) electrons. The predicted molar refractivity (Wildman–Crippen MR) is 69.5 cm³/mol. The molecule has 0 aromatic carbocycles. The Balaban J connectivity index is 1.56. The molecule has 3 aliphatic rings. The van der Waals surface area contributed by atoms with E-state index in [0.29, 0.717) is 19.5 Å². The van der Waals surface area contributed by atoms with Crippen molar-refractivity contribution in [3.63, 3.8) is 0 Å². The molecule has 19 heavy (non-hydrogen) atoms. The van der Waals surface area contributed by atoms with Gasteiger partial charge in [0.05, 0.1) is 18.2 Å². The Morgan fingerprint density at radius 3 is 2.84 bits per heavy atom. The van der Waals surface area contributed by atoms with Crippen LogP contribution in [0.3, 0.4) is 0 Å². The van der Waals surface area contributed by atoms with Crippen molar-refractivity contribution in [3.8, 4) is 0 Å². The molecule has 3 fully saturated rings. The summed E-state index contributed by atoms with van der Waals surface area (Å²) >= 11 is 0. The van der Waals surface area contributed by atoms with Crippen LogP contribution in [0.5, 0.6) is 0 Å². The maximum atomic E-state index is 11.9. The monoisotopic (exact) mass is 266 g/mol. The molecule has 0 bridgehead atoms. The molecule has 5 nitrogen and oxygen atoms in total. The third-order valence-corrected chi connectivity index (χ3v) is 4.68. The largest absolute Gasteiger partial charge is 0.370 e. The lowest BCUT2D eigenvalue weighted by Gasteiger charge is -2.27. The van der Waals surface area contributed by atoms with Gasteiger partial charge in [0, 0.05) is 19.5 Å². The summed E-state index contributed by atoms with van der Waals surface area (Å²) in [5, 5.41) is 2.63. The van der Waals surface area contributed by atoms with Crippen molar-refractivity contribution < 1.29 is 14.3 Å². The summed E-state index contributed by atoms with van der Waals surface area (Å²) in [7, 11) is 0. The lowest BCUT2D eigenvalue weighted by Crippen LogP contribution is -2.40. The molecule has 2 heterocycles. The van der Waals surface area contributed by atoms with Crippen molar-refractivity contribution >= 4 is 11.8 Å². The van der Waals surface area contributed by atoms with E-state index in [1.54, 1.807) is 4.90 Å². The molecule has 2 amide bonds. The summed E-state index contributed by atoms with van der Waals surface area (Å²) in [5.74, 6) is -0.0164. The summed E-state index contributed by atoms with van der Waals surface area (Å²) in [6.07, 6.45) is 7.65. The van der Waals surface area contributed by atoms with Crippen LogP contribution in [-0.4, -0.2) is 48.1 Å². The highest BCUT2D eigenvalue weighted by Crippen LogP contribution is 2.43. The molecule has 2 saturated heterocycles. The second-order valence-corrected chi connectivity index (χ2v) is 6.04. The van der Waals surface area contributed by atoms with Gasteiger partial charge < -0.3 is 15.0 Å². The Kier molecular flexibility index (Phi) is 3.48. The van der Waals surface area contributed by atoms with Gasteiger partial charge in [-0.2, -0.15) is 0 Å². The Labute approximate surface area is 113 Å². The molecule has 1 atom stereocenters. The second kappa shape index (κ2) is 5.12. The van der Waals surface area contributed by atoms with E-state index in [9.17, 15) is 9.59 Å². The molecular formula is C14H22N2O3. The molecule has 1 saturated carbocycles. The number of rotatable bonds is 2. The first-order chi connectivity index (χ1) is 9.17. The molecule has 3 rings (SSSR count). The van der Waals surface area contributed by atoms with Crippen molar-refractivity contribution in [2.24, 2.45) is 0 Å². The van der Waals surface area contributed by atoms with Crippen LogP contribution in [0.2, 0.25) is 0 Å². The van der Waals surface area contributed by atoms with Crippen LogP contribution in [0.1, 0.15) is 44.9 Å². The fourth-order valence-corrected chi connectivity index (χ4v) is 3.59. The van der Waals surface area contributed by atoms with Gasteiger partial charge in [0.2, 0.25) is 11.8 Å². The highest BCUT2D eigenvalue weighted by molar-refractivity contribution is 5.87. The standard InChI is InChI=1S/C14H22N2O3/c17-12-4-8-16(13(18)9-15-12)10-11-3-7-14(19-11)5-1-2-6-14/h11H,1-10H2,(H,15,17). The van der Waals surface area contributed by atoms with Crippen molar-refractivity contribution in [1.29, 1.82) is 0 Å². The van der Waals surface area contributed by atoms with Gasteiger partial charge in [-0.05, 0) is 25.7 Å². The lowest BCUT2D eigenvalue weighted by molar-refractivity contribution is -0.132. The number of nitrogens with one attached hydrogen (secondary N) is 1. The Morgan fingerprint density at radius 2 is 2.05 bits per heavy atom. The van der Waals surface area contributed by atoms with Crippen LogP contribution < -0.4 is 5.32 Å². The summed E-state index contributed by atoms with van der Waals surface area (Å²) in [4.78, 5) is 25.0. The molecule has 1 spiro atoms. The number of amides is 2. The van der Waals surface area contributed by atoms with Gasteiger partial charge in [-0.3, -0.25) is 9.59 Å². The van der Waals surface area contributed by atoms with Crippen LogP contribution in [-0.2, 0) is 14.3 Å². The Morgan fingerprint density at radius 1 is 1.26 bits per heavy atom. The Hall–Kier alpha value is -1.10. The van der Waals surface area contributed by atoms with Gasteiger partial charge in [-0.25, -0.2) is 0 Å². The third-order valence-electron chi connectivity index (χ3n) is 4.68. The zero-order chi connectivity index (χ0) is 13.3. The maximum Gasteiger partial charge on any atom is 0.242 e. The van der Waals surface area contributed by atoms with Crippen LogP contribution in [0.25, 0.3) is 0 Å². The summed E-state index contributed by atoms with van der Waals surface area (Å²) < 4.78 is 6.23. The van der Waals surface area contributed by atoms with E-state index in [2.05, 4.69) is 5.32 Å². The van der Waals surface area contributed by atoms with E-state index in [1.807, 2.05) is 0 Å². The molecule has 1 aliphatic carbocycles. The quantitative estimate of drug-likeness (QED) is 0.805. The first-order valence-corrected chi connectivity index (χ1v) is 7.39. The van der Waals surface area contributed by atoms with E-state index in [4.69, 9.17) is 4.74 Å². The smallest absolute Gasteiger partial charge is 0.242 e. The molecule has 2 aliphatic heterocycles. The van der Waals surface area contributed by atoms with E-state index in [1.165, 1.54) is 25.7 Å². The minimum atomic E-state index is -0.0320. The van der Waals surface area contributed by atoms with Crippen LogP contribution in [0.15, 0.2) is 0 Å². The van der Waals surface area contributed by atoms with Crippen molar-refractivity contribution in [2.45, 2.75) is 56.7 Å². The average molecular weight is 266 g/mol. The molecule has 106 valence electrons. The zero-order valence-corrected chi connectivity index (χ0v) is 11.3. The summed E-state index contributed by atoms with van der Waals surface area (Å²) in [5.41, 5.74) is 0.119. The average Bonchev–Trinajstić information content (AvgIpc) is 2.98. The molecular weight excluding hydrogens is 244 g/mol. The molecule has 5 heteroatoms. The minimum absolute atomic E-state index is 0.0156. The lowest BCUT2D eigenvalue weighted by atomic mass is 9.98. The second-order valence-electron chi connectivity index (χ2n) is 6.04. The first-order valence-electron chi connectivity index (χ1n) is 7.39. The van der Waals surface area contributed by atoms with E-state index >= 15 is 0 Å². The molecule has 0 aromatic rings. The van der Waals surface area contributed by atoms with E-state index < -0.39 is 0 Å². The van der Waals surface area contributed by atoms with Gasteiger partial charge in [0.1, 0.15) is 0 Å². The van der Waals surface area contributed by atoms with E-state index in [0.717, 1.165) is 12.8 Å². The number of hydrogen-bond donors (Lipinski definition) is 1. The highest BCUT2D eigenvalue weighted by atomic mass is 16.5. The normalized spacial score (nSPS) is 30.7. The molecule has 1 N–H and O–H groups in total. The van der Waals surface area contributed by atoms with E-state index in [-0.39, 0.29) is 30.1 Å². The number of ether oxygens (including phenoxy) is 1. The molecule has 1 unspecified atom stereocenters. The summed E-state index contributed by atoms with van der Waals surface area (Å²) in [6.45, 7) is 1.31. The van der Waals surface area contributed by atoms with Crippen LogP contribution in [0, 0.1) is 0 Å². The first kappa shape index (κ1) is 12.9. The predicted octanol–water partition coefficient (Wildman–Crippen LogP) is 0.827. The van der Waals surface area contributed by atoms with Crippen molar-refractivity contribution in [1.82, 2.24) is 10.2 Å². The number of hydrogen-bond acceptors (Lipinski definition) is 3. The number of carbonyl (C=O) groups excluding carboxylic acids is 2. The zero-order valence-electron chi connectivity index (χ0n) is 11.3. The van der Waals surface area contributed by atoms with Gasteiger partial charge in [-0.1, -0.05) is 12.8 Å². The van der Waals surface area contributed by atoms with Crippen LogP contribution >= 0.6 is 0 Å². The SMILES string of the molecule is O=C1CCN(CC2CCC3(CCCC3)O2)C(=O)CN1. The fourth-order valence-electron chi connectivity index (χ4n) is 3.59. The van der Waals surface area contributed by atoms with Crippen LogP contribution in [0.4, 0.5) is 0 Å². The van der Waals surface area contributed by atoms with Gasteiger partial charge in [0.15, 0.2) is 0 Å². The Bertz CT molecular complexity index is 377. The van der Waals surface area contributed by atoms with Gasteiger partial charge in [-0.15, -0.1) is 0 Å².